The van der Waals surface area contributed by atoms with Crippen LogP contribution in [0.2, 0.25) is 0 Å². The predicted octanol–water partition coefficient (Wildman–Crippen LogP) is 3.05. The van der Waals surface area contributed by atoms with Gasteiger partial charge in [0, 0.05) is 6.04 Å². The van der Waals surface area contributed by atoms with Crippen LogP contribution in [0.5, 0.6) is 11.5 Å². The van der Waals surface area contributed by atoms with E-state index in [1.165, 1.54) is 0 Å². The molecule has 0 radical (unpaired) electrons. The van der Waals surface area contributed by atoms with Crippen LogP contribution in [0.1, 0.15) is 25.6 Å². The van der Waals surface area contributed by atoms with Crippen LogP contribution in [0, 0.1) is 0 Å². The fourth-order valence-electron chi connectivity index (χ4n) is 1.74. The van der Waals surface area contributed by atoms with E-state index < -0.39 is 0 Å². The van der Waals surface area contributed by atoms with Gasteiger partial charge >= 0.3 is 0 Å². The Morgan fingerprint density at radius 3 is 2.44 bits per heavy atom. The standard InChI is InChI=1S/C14H18N2O2/c1-11(2)16-10-15-8-12(16)9-18-14-6-4-13(17-3)5-7-14/h4-8,10-11H,9H2,1-3H3. The first-order valence-electron chi connectivity index (χ1n) is 5.98. The summed E-state index contributed by atoms with van der Waals surface area (Å²) in [6.07, 6.45) is 3.67. The van der Waals surface area contributed by atoms with E-state index in [1.807, 2.05) is 36.8 Å². The van der Waals surface area contributed by atoms with Crippen LogP contribution >= 0.6 is 0 Å². The van der Waals surface area contributed by atoms with Gasteiger partial charge in [0.05, 0.1) is 25.3 Å². The van der Waals surface area contributed by atoms with Crippen molar-refractivity contribution >= 4 is 0 Å². The molecule has 2 aromatic rings. The Hall–Kier alpha value is -1.97. The van der Waals surface area contributed by atoms with Crippen molar-refractivity contribution in [3.05, 3.63) is 42.5 Å². The summed E-state index contributed by atoms with van der Waals surface area (Å²) >= 11 is 0. The van der Waals surface area contributed by atoms with Crippen molar-refractivity contribution < 1.29 is 9.47 Å². The maximum atomic E-state index is 5.72. The molecule has 1 aromatic carbocycles. The lowest BCUT2D eigenvalue weighted by molar-refractivity contribution is 0.291. The van der Waals surface area contributed by atoms with Crippen molar-refractivity contribution in [3.8, 4) is 11.5 Å². The summed E-state index contributed by atoms with van der Waals surface area (Å²) in [5.74, 6) is 1.65. The second-order valence-electron chi connectivity index (χ2n) is 4.35. The lowest BCUT2D eigenvalue weighted by Gasteiger charge is -2.12. The molecule has 0 bridgehead atoms. The van der Waals surface area contributed by atoms with Crippen LogP contribution in [-0.2, 0) is 6.61 Å². The molecule has 0 spiro atoms. The van der Waals surface area contributed by atoms with Crippen molar-refractivity contribution in [1.29, 1.82) is 0 Å². The highest BCUT2D eigenvalue weighted by molar-refractivity contribution is 5.31. The summed E-state index contributed by atoms with van der Waals surface area (Å²) in [6.45, 7) is 4.77. The molecule has 0 saturated carbocycles. The highest BCUT2D eigenvalue weighted by Gasteiger charge is 2.05. The van der Waals surface area contributed by atoms with Gasteiger partial charge in [-0.15, -0.1) is 0 Å². The van der Waals surface area contributed by atoms with E-state index in [9.17, 15) is 0 Å². The second-order valence-corrected chi connectivity index (χ2v) is 4.35. The normalized spacial score (nSPS) is 10.7. The van der Waals surface area contributed by atoms with E-state index in [2.05, 4.69) is 23.4 Å². The predicted molar refractivity (Wildman–Crippen MR) is 69.9 cm³/mol. The first kappa shape index (κ1) is 12.5. The largest absolute Gasteiger partial charge is 0.497 e. The summed E-state index contributed by atoms with van der Waals surface area (Å²) in [7, 11) is 1.65. The lowest BCUT2D eigenvalue weighted by Crippen LogP contribution is -2.07. The third kappa shape index (κ3) is 2.83. The van der Waals surface area contributed by atoms with Crippen molar-refractivity contribution in [2.45, 2.75) is 26.5 Å². The van der Waals surface area contributed by atoms with Crippen LogP contribution in [-0.4, -0.2) is 16.7 Å². The van der Waals surface area contributed by atoms with Gasteiger partial charge in [0.1, 0.15) is 18.1 Å². The number of imidazole rings is 1. The quantitative estimate of drug-likeness (QED) is 0.813. The molecule has 18 heavy (non-hydrogen) atoms. The fraction of sp³-hybridized carbons (Fsp3) is 0.357. The monoisotopic (exact) mass is 246 g/mol. The number of ether oxygens (including phenoxy) is 2. The zero-order chi connectivity index (χ0) is 13.0. The Balaban J connectivity index is 2.00. The van der Waals surface area contributed by atoms with E-state index in [1.54, 1.807) is 7.11 Å². The first-order valence-corrected chi connectivity index (χ1v) is 5.98. The van der Waals surface area contributed by atoms with Gasteiger partial charge in [-0.05, 0) is 38.1 Å². The van der Waals surface area contributed by atoms with E-state index in [-0.39, 0.29) is 0 Å². The van der Waals surface area contributed by atoms with Gasteiger partial charge < -0.3 is 14.0 Å². The Morgan fingerprint density at radius 2 is 1.83 bits per heavy atom. The van der Waals surface area contributed by atoms with E-state index in [0.29, 0.717) is 12.6 Å². The third-order valence-electron chi connectivity index (χ3n) is 2.75. The maximum Gasteiger partial charge on any atom is 0.130 e. The van der Waals surface area contributed by atoms with Crippen molar-refractivity contribution in [3.63, 3.8) is 0 Å². The minimum atomic E-state index is 0.391. The number of rotatable bonds is 5. The summed E-state index contributed by atoms with van der Waals surface area (Å²) < 4.78 is 12.9. The lowest BCUT2D eigenvalue weighted by atomic mass is 10.3. The highest BCUT2D eigenvalue weighted by Crippen LogP contribution is 2.18. The van der Waals surface area contributed by atoms with Gasteiger partial charge in [0.25, 0.3) is 0 Å². The van der Waals surface area contributed by atoms with Gasteiger partial charge in [-0.25, -0.2) is 4.98 Å². The highest BCUT2D eigenvalue weighted by atomic mass is 16.5. The summed E-state index contributed by atoms with van der Waals surface area (Å²) in [4.78, 5) is 4.15. The van der Waals surface area contributed by atoms with Crippen LogP contribution in [0.25, 0.3) is 0 Å². The Labute approximate surface area is 107 Å². The number of hydrogen-bond donors (Lipinski definition) is 0. The van der Waals surface area contributed by atoms with Crippen molar-refractivity contribution in [2.24, 2.45) is 0 Å². The Bertz CT molecular complexity index is 489. The van der Waals surface area contributed by atoms with Gasteiger partial charge in [0.15, 0.2) is 0 Å². The SMILES string of the molecule is COc1ccc(OCc2cncn2C(C)C)cc1. The molecule has 0 aliphatic heterocycles. The molecule has 0 aliphatic carbocycles. The summed E-state index contributed by atoms with van der Waals surface area (Å²) in [6, 6.07) is 7.95. The van der Waals surface area contributed by atoms with Crippen molar-refractivity contribution in [2.75, 3.05) is 7.11 Å². The molecule has 4 heteroatoms. The number of hydrogen-bond acceptors (Lipinski definition) is 3. The number of nitrogens with zero attached hydrogens (tertiary/aromatic N) is 2. The molecule has 0 unspecified atom stereocenters. The van der Waals surface area contributed by atoms with Gasteiger partial charge in [-0.2, -0.15) is 0 Å². The van der Waals surface area contributed by atoms with Crippen LogP contribution in [0.3, 0.4) is 0 Å². The van der Waals surface area contributed by atoms with Crippen LogP contribution < -0.4 is 9.47 Å². The molecular weight excluding hydrogens is 228 g/mol. The Kier molecular flexibility index (Phi) is 3.87. The Morgan fingerprint density at radius 1 is 1.17 bits per heavy atom. The molecule has 0 fully saturated rings. The van der Waals surface area contributed by atoms with Gasteiger partial charge in [0.2, 0.25) is 0 Å². The molecule has 96 valence electrons. The third-order valence-corrected chi connectivity index (χ3v) is 2.75. The second kappa shape index (κ2) is 5.58. The summed E-state index contributed by atoms with van der Waals surface area (Å²) in [5, 5.41) is 0. The smallest absolute Gasteiger partial charge is 0.130 e. The molecule has 0 N–H and O–H groups in total. The zero-order valence-corrected chi connectivity index (χ0v) is 11.0. The molecule has 1 aromatic heterocycles. The van der Waals surface area contributed by atoms with Crippen molar-refractivity contribution in [1.82, 2.24) is 9.55 Å². The average molecular weight is 246 g/mol. The van der Waals surface area contributed by atoms with Crippen LogP contribution in [0.4, 0.5) is 0 Å². The number of aromatic nitrogens is 2. The number of methoxy groups -OCH3 is 1. The fourth-order valence-corrected chi connectivity index (χ4v) is 1.74. The zero-order valence-electron chi connectivity index (χ0n) is 11.0. The van der Waals surface area contributed by atoms with Gasteiger partial charge in [-0.3, -0.25) is 0 Å². The van der Waals surface area contributed by atoms with E-state index in [0.717, 1.165) is 17.2 Å². The molecule has 0 saturated heterocycles. The first-order chi connectivity index (χ1) is 8.70. The summed E-state index contributed by atoms with van der Waals surface area (Å²) in [5.41, 5.74) is 1.07. The number of benzene rings is 1. The molecule has 0 aliphatic rings. The molecule has 4 nitrogen and oxygen atoms in total. The minimum absolute atomic E-state index is 0.391. The molecule has 2 rings (SSSR count). The van der Waals surface area contributed by atoms with Crippen LogP contribution in [0.15, 0.2) is 36.8 Å². The topological polar surface area (TPSA) is 36.3 Å². The minimum Gasteiger partial charge on any atom is -0.497 e. The van der Waals surface area contributed by atoms with E-state index >= 15 is 0 Å². The molecule has 0 atom stereocenters. The molecule has 0 amide bonds. The van der Waals surface area contributed by atoms with E-state index in [4.69, 9.17) is 9.47 Å². The molecule has 1 heterocycles. The van der Waals surface area contributed by atoms with Gasteiger partial charge in [-0.1, -0.05) is 0 Å². The maximum absolute atomic E-state index is 5.72. The average Bonchev–Trinajstić information content (AvgIpc) is 2.85. The molecular formula is C14H18N2O2.